The van der Waals surface area contributed by atoms with E-state index in [1.165, 1.54) is 16.2 Å². The molecule has 6 nitrogen and oxygen atoms in total. The van der Waals surface area contributed by atoms with E-state index in [0.717, 1.165) is 17.5 Å². The van der Waals surface area contributed by atoms with E-state index in [0.29, 0.717) is 23.4 Å². The van der Waals surface area contributed by atoms with Crippen LogP contribution in [0.2, 0.25) is 0 Å². The van der Waals surface area contributed by atoms with Crippen molar-refractivity contribution in [2.75, 3.05) is 16.9 Å². The lowest BCUT2D eigenvalue weighted by atomic mass is 9.78. The summed E-state index contributed by atoms with van der Waals surface area (Å²) >= 11 is 5.33. The average Bonchev–Trinajstić information content (AvgIpc) is 2.76. The van der Waals surface area contributed by atoms with Crippen molar-refractivity contribution >= 4 is 46.6 Å². The van der Waals surface area contributed by atoms with Gasteiger partial charge in [-0.25, -0.2) is 0 Å². The van der Waals surface area contributed by atoms with Gasteiger partial charge in [-0.3, -0.25) is 19.8 Å². The molecule has 1 saturated heterocycles. The van der Waals surface area contributed by atoms with Crippen LogP contribution in [0.4, 0.5) is 11.4 Å². The summed E-state index contributed by atoms with van der Waals surface area (Å²) in [5.41, 5.74) is 5.00. The normalized spacial score (nSPS) is 20.9. The van der Waals surface area contributed by atoms with E-state index in [4.69, 9.17) is 17.0 Å². The van der Waals surface area contributed by atoms with Crippen LogP contribution in [0.3, 0.4) is 0 Å². The van der Waals surface area contributed by atoms with Crippen LogP contribution in [0.1, 0.15) is 63.6 Å². The number of carbonyl (C=O) groups is 2. The van der Waals surface area contributed by atoms with Crippen LogP contribution in [-0.2, 0) is 9.59 Å². The Balaban J connectivity index is 1.77. The molecule has 4 rings (SSSR count). The summed E-state index contributed by atoms with van der Waals surface area (Å²) in [5, 5.41) is 2.73. The number of rotatable bonds is 4. The zero-order valence-electron chi connectivity index (χ0n) is 21.4. The zero-order chi connectivity index (χ0) is 25.7. The van der Waals surface area contributed by atoms with E-state index < -0.39 is 11.8 Å². The first-order valence-electron chi connectivity index (χ1n) is 11.9. The van der Waals surface area contributed by atoms with E-state index in [-0.39, 0.29) is 16.2 Å². The SMILES string of the molecule is COc1ccc(N2C(=O)/C(=C/c3cc4c(cc3C)N(C(C)C)C(C)(C)CC4C)C(=O)NC2=S)cc1. The molecule has 7 heteroatoms. The van der Waals surface area contributed by atoms with Crippen LogP contribution in [0.5, 0.6) is 5.75 Å². The highest BCUT2D eigenvalue weighted by Crippen LogP contribution is 2.45. The van der Waals surface area contributed by atoms with Crippen LogP contribution in [0.15, 0.2) is 42.0 Å². The smallest absolute Gasteiger partial charge is 0.270 e. The number of carbonyl (C=O) groups excluding carboxylic acids is 2. The second-order valence-corrected chi connectivity index (χ2v) is 10.7. The van der Waals surface area contributed by atoms with Gasteiger partial charge >= 0.3 is 0 Å². The van der Waals surface area contributed by atoms with Gasteiger partial charge in [0.05, 0.1) is 12.8 Å². The fourth-order valence-electron chi connectivity index (χ4n) is 5.53. The molecule has 2 aromatic rings. The lowest BCUT2D eigenvalue weighted by molar-refractivity contribution is -0.122. The van der Waals surface area contributed by atoms with Gasteiger partial charge in [0.15, 0.2) is 5.11 Å². The number of ether oxygens (including phenoxy) is 1. The number of hydrogen-bond donors (Lipinski definition) is 1. The summed E-state index contributed by atoms with van der Waals surface area (Å²) in [6.07, 6.45) is 2.72. The molecule has 0 bridgehead atoms. The van der Waals surface area contributed by atoms with E-state index >= 15 is 0 Å². The summed E-state index contributed by atoms with van der Waals surface area (Å²) in [6.45, 7) is 13.3. The van der Waals surface area contributed by atoms with Crippen LogP contribution in [-0.4, -0.2) is 35.6 Å². The summed E-state index contributed by atoms with van der Waals surface area (Å²) in [6, 6.07) is 11.7. The van der Waals surface area contributed by atoms with Crippen molar-refractivity contribution in [1.82, 2.24) is 5.32 Å². The number of fused-ring (bicyclic) bond motifs is 1. The Morgan fingerprint density at radius 3 is 2.43 bits per heavy atom. The third kappa shape index (κ3) is 4.45. The Morgan fingerprint density at radius 1 is 1.17 bits per heavy atom. The number of anilines is 2. The molecule has 0 aromatic heterocycles. The standard InChI is InChI=1S/C28H33N3O3S/c1-16(2)31-24-12-17(3)19(13-22(24)18(4)15-28(31,5)6)14-23-25(32)29-27(35)30(26(23)33)20-8-10-21(34-7)11-9-20/h8-14,16,18H,15H2,1-7H3,(H,29,32,35)/b23-14+. The number of aryl methyl sites for hydroxylation is 1. The maximum atomic E-state index is 13.5. The molecule has 2 aliphatic heterocycles. The molecular formula is C28H33N3O3S. The van der Waals surface area contributed by atoms with Crippen molar-refractivity contribution in [2.24, 2.45) is 0 Å². The lowest BCUT2D eigenvalue weighted by Crippen LogP contribution is -2.54. The number of nitrogens with one attached hydrogen (secondary N) is 1. The van der Waals surface area contributed by atoms with Crippen LogP contribution < -0.4 is 19.9 Å². The predicted molar refractivity (Wildman–Crippen MR) is 145 cm³/mol. The molecule has 1 unspecified atom stereocenters. The van der Waals surface area contributed by atoms with Crippen molar-refractivity contribution in [3.8, 4) is 5.75 Å². The number of thiocarbonyl (C=S) groups is 1. The van der Waals surface area contributed by atoms with Gasteiger partial charge in [-0.1, -0.05) is 6.92 Å². The van der Waals surface area contributed by atoms with Gasteiger partial charge in [0.25, 0.3) is 11.8 Å². The van der Waals surface area contributed by atoms with Crippen molar-refractivity contribution in [1.29, 1.82) is 0 Å². The second-order valence-electron chi connectivity index (χ2n) is 10.3. The predicted octanol–water partition coefficient (Wildman–Crippen LogP) is 5.34. The van der Waals surface area contributed by atoms with E-state index in [1.54, 1.807) is 37.5 Å². The maximum Gasteiger partial charge on any atom is 0.270 e. The van der Waals surface area contributed by atoms with Crippen LogP contribution in [0.25, 0.3) is 6.08 Å². The van der Waals surface area contributed by atoms with Gasteiger partial charge in [-0.05, 0) is 118 Å². The number of nitrogens with zero attached hydrogens (tertiary/aromatic N) is 2. The molecule has 2 heterocycles. The minimum Gasteiger partial charge on any atom is -0.497 e. The quantitative estimate of drug-likeness (QED) is 0.356. The molecule has 1 N–H and O–H groups in total. The van der Waals surface area contributed by atoms with Crippen molar-refractivity contribution < 1.29 is 14.3 Å². The first-order chi connectivity index (χ1) is 16.4. The summed E-state index contributed by atoms with van der Waals surface area (Å²) in [5.74, 6) is 0.0901. The molecule has 1 atom stereocenters. The molecular weight excluding hydrogens is 458 g/mol. The minimum atomic E-state index is -0.486. The number of benzene rings is 2. The highest BCUT2D eigenvalue weighted by atomic mass is 32.1. The Kier molecular flexibility index (Phi) is 6.49. The molecule has 35 heavy (non-hydrogen) atoms. The fourth-order valence-corrected chi connectivity index (χ4v) is 5.81. The Labute approximate surface area is 212 Å². The van der Waals surface area contributed by atoms with E-state index in [9.17, 15) is 9.59 Å². The van der Waals surface area contributed by atoms with E-state index in [2.05, 4.69) is 57.0 Å². The lowest BCUT2D eigenvalue weighted by Gasteiger charge is -2.50. The largest absolute Gasteiger partial charge is 0.497 e. The monoisotopic (exact) mass is 491 g/mol. The second kappa shape index (κ2) is 9.11. The summed E-state index contributed by atoms with van der Waals surface area (Å²) in [7, 11) is 1.58. The van der Waals surface area contributed by atoms with Crippen LogP contribution >= 0.6 is 12.2 Å². The first-order valence-corrected chi connectivity index (χ1v) is 12.3. The average molecular weight is 492 g/mol. The van der Waals surface area contributed by atoms with Crippen LogP contribution in [0, 0.1) is 6.92 Å². The highest BCUT2D eigenvalue weighted by molar-refractivity contribution is 7.80. The molecule has 0 radical (unpaired) electrons. The summed E-state index contributed by atoms with van der Waals surface area (Å²) in [4.78, 5) is 30.1. The molecule has 0 saturated carbocycles. The highest BCUT2D eigenvalue weighted by Gasteiger charge is 2.38. The first kappa shape index (κ1) is 24.9. The molecule has 184 valence electrons. The third-order valence-electron chi connectivity index (χ3n) is 6.91. The molecule has 2 aromatic carbocycles. The van der Waals surface area contributed by atoms with E-state index in [1.807, 2.05) is 6.92 Å². The van der Waals surface area contributed by atoms with Gasteiger partial charge in [0.1, 0.15) is 11.3 Å². The Morgan fingerprint density at radius 2 is 1.83 bits per heavy atom. The number of methoxy groups -OCH3 is 1. The topological polar surface area (TPSA) is 61.9 Å². The van der Waals surface area contributed by atoms with Gasteiger partial charge < -0.3 is 9.64 Å². The molecule has 2 aliphatic rings. The summed E-state index contributed by atoms with van der Waals surface area (Å²) < 4.78 is 5.21. The van der Waals surface area contributed by atoms with Crippen molar-refractivity contribution in [2.45, 2.75) is 65.5 Å². The Hall–Kier alpha value is -3.19. The zero-order valence-corrected chi connectivity index (χ0v) is 22.2. The van der Waals surface area contributed by atoms with Crippen molar-refractivity contribution in [3.05, 3.63) is 58.7 Å². The van der Waals surface area contributed by atoms with Crippen molar-refractivity contribution in [3.63, 3.8) is 0 Å². The van der Waals surface area contributed by atoms with Gasteiger partial charge in [-0.15, -0.1) is 0 Å². The van der Waals surface area contributed by atoms with Gasteiger partial charge in [0.2, 0.25) is 0 Å². The number of hydrogen-bond acceptors (Lipinski definition) is 5. The fraction of sp³-hybridized carbons (Fsp3) is 0.393. The minimum absolute atomic E-state index is 0.0424. The van der Waals surface area contributed by atoms with Gasteiger partial charge in [0, 0.05) is 17.3 Å². The third-order valence-corrected chi connectivity index (χ3v) is 7.20. The van der Waals surface area contributed by atoms with Gasteiger partial charge in [-0.2, -0.15) is 0 Å². The molecule has 1 fully saturated rings. The number of amides is 2. The molecule has 0 spiro atoms. The maximum absolute atomic E-state index is 13.5. The Bertz CT molecular complexity index is 1230. The molecule has 2 amide bonds. The molecule has 0 aliphatic carbocycles.